The van der Waals surface area contributed by atoms with E-state index < -0.39 is 0 Å². The number of rotatable bonds is 8. The standard InChI is InChI=1S/C25H36N6O.HI/c1-4-26-25(27-15-13-24(32)30-23-12-8-9-19(2)28-23)29-22-14-16-31(20(3)17-22)18-21-10-6-5-7-11-21;/h5-12,20,22H,4,13-18H2,1-3H3,(H2,26,27,29)(H,28,30,32);1H. The first kappa shape index (κ1) is 27.0. The number of carbonyl (C=O) groups is 1. The van der Waals surface area contributed by atoms with Crippen molar-refractivity contribution < 1.29 is 4.79 Å². The van der Waals surface area contributed by atoms with Crippen molar-refractivity contribution in [1.82, 2.24) is 20.5 Å². The van der Waals surface area contributed by atoms with Gasteiger partial charge in [0, 0.05) is 43.8 Å². The number of piperidine rings is 1. The van der Waals surface area contributed by atoms with Crippen molar-refractivity contribution in [2.75, 3.05) is 25.0 Å². The Balaban J connectivity index is 0.00000385. The molecular weight excluding hydrogens is 527 g/mol. The van der Waals surface area contributed by atoms with Crippen molar-refractivity contribution in [3.63, 3.8) is 0 Å². The van der Waals surface area contributed by atoms with E-state index in [9.17, 15) is 4.79 Å². The second-order valence-corrected chi connectivity index (χ2v) is 8.39. The van der Waals surface area contributed by atoms with Gasteiger partial charge in [0.15, 0.2) is 5.96 Å². The van der Waals surface area contributed by atoms with E-state index >= 15 is 0 Å². The third-order valence-corrected chi connectivity index (χ3v) is 5.69. The molecule has 1 aliphatic heterocycles. The van der Waals surface area contributed by atoms with Crippen LogP contribution in [0.25, 0.3) is 0 Å². The average Bonchev–Trinajstić information content (AvgIpc) is 2.76. The number of likely N-dealkylation sites (tertiary alicyclic amines) is 1. The Labute approximate surface area is 214 Å². The SMILES string of the molecule is CCNC(=NCCC(=O)Nc1cccc(C)n1)NC1CCN(Cc2ccccc2)C(C)C1.I. The van der Waals surface area contributed by atoms with Gasteiger partial charge < -0.3 is 16.0 Å². The van der Waals surface area contributed by atoms with Gasteiger partial charge in [-0.15, -0.1) is 24.0 Å². The molecule has 3 rings (SSSR count). The summed E-state index contributed by atoms with van der Waals surface area (Å²) < 4.78 is 0. The summed E-state index contributed by atoms with van der Waals surface area (Å²) in [5.74, 6) is 1.29. The van der Waals surface area contributed by atoms with E-state index in [0.717, 1.165) is 44.1 Å². The molecule has 0 saturated carbocycles. The van der Waals surface area contributed by atoms with Crippen molar-refractivity contribution in [1.29, 1.82) is 0 Å². The highest BCUT2D eigenvalue weighted by Gasteiger charge is 2.26. The Hall–Kier alpha value is -2.20. The van der Waals surface area contributed by atoms with E-state index in [0.29, 0.717) is 30.9 Å². The number of hydrogen-bond acceptors (Lipinski definition) is 4. The number of nitrogens with zero attached hydrogens (tertiary/aromatic N) is 3. The molecule has 2 unspecified atom stereocenters. The maximum Gasteiger partial charge on any atom is 0.227 e. The lowest BCUT2D eigenvalue weighted by molar-refractivity contribution is -0.116. The van der Waals surface area contributed by atoms with Crippen LogP contribution in [0.4, 0.5) is 5.82 Å². The molecule has 2 atom stereocenters. The maximum absolute atomic E-state index is 12.2. The number of aliphatic imine (C=N–C) groups is 1. The van der Waals surface area contributed by atoms with E-state index in [-0.39, 0.29) is 29.9 Å². The first-order valence-corrected chi connectivity index (χ1v) is 11.6. The van der Waals surface area contributed by atoms with Gasteiger partial charge in [-0.25, -0.2) is 4.98 Å². The third kappa shape index (κ3) is 9.29. The highest BCUT2D eigenvalue weighted by atomic mass is 127. The number of carbonyl (C=O) groups excluding carboxylic acids is 1. The van der Waals surface area contributed by atoms with Gasteiger partial charge in [0.25, 0.3) is 0 Å². The van der Waals surface area contributed by atoms with Crippen LogP contribution in [0, 0.1) is 6.92 Å². The summed E-state index contributed by atoms with van der Waals surface area (Å²) in [6, 6.07) is 17.1. The molecule has 3 N–H and O–H groups in total. The highest BCUT2D eigenvalue weighted by molar-refractivity contribution is 14.0. The number of guanidine groups is 1. The Morgan fingerprint density at radius 2 is 1.97 bits per heavy atom. The number of aromatic nitrogens is 1. The Morgan fingerprint density at radius 1 is 1.18 bits per heavy atom. The smallest absolute Gasteiger partial charge is 0.227 e. The predicted octanol–water partition coefficient (Wildman–Crippen LogP) is 3.94. The molecule has 1 aromatic carbocycles. The molecule has 0 bridgehead atoms. The third-order valence-electron chi connectivity index (χ3n) is 5.69. The molecule has 8 heteroatoms. The van der Waals surface area contributed by atoms with Crippen molar-refractivity contribution in [2.24, 2.45) is 4.99 Å². The summed E-state index contributed by atoms with van der Waals surface area (Å²) >= 11 is 0. The lowest BCUT2D eigenvalue weighted by atomic mass is 9.97. The summed E-state index contributed by atoms with van der Waals surface area (Å²) in [5, 5.41) is 9.71. The molecule has 1 fully saturated rings. The fraction of sp³-hybridized carbons (Fsp3) is 0.480. The zero-order valence-corrected chi connectivity index (χ0v) is 22.2. The number of anilines is 1. The van der Waals surface area contributed by atoms with Gasteiger partial charge in [-0.3, -0.25) is 14.7 Å². The molecule has 1 amide bonds. The normalized spacial score (nSPS) is 18.8. The Morgan fingerprint density at radius 3 is 2.67 bits per heavy atom. The van der Waals surface area contributed by atoms with Gasteiger partial charge in [0.05, 0.1) is 6.54 Å². The molecule has 1 aliphatic rings. The van der Waals surface area contributed by atoms with Crippen LogP contribution in [-0.4, -0.2) is 53.5 Å². The molecule has 0 spiro atoms. The number of benzene rings is 1. The number of hydrogen-bond donors (Lipinski definition) is 3. The molecule has 33 heavy (non-hydrogen) atoms. The van der Waals surface area contributed by atoms with Crippen LogP contribution in [-0.2, 0) is 11.3 Å². The van der Waals surface area contributed by atoms with E-state index in [2.05, 4.69) is 75.0 Å². The van der Waals surface area contributed by atoms with Crippen LogP contribution in [0.5, 0.6) is 0 Å². The van der Waals surface area contributed by atoms with Crippen LogP contribution >= 0.6 is 24.0 Å². The predicted molar refractivity (Wildman–Crippen MR) is 146 cm³/mol. The van der Waals surface area contributed by atoms with Crippen LogP contribution in [0.3, 0.4) is 0 Å². The lowest BCUT2D eigenvalue weighted by Gasteiger charge is -2.38. The minimum absolute atomic E-state index is 0. The second-order valence-electron chi connectivity index (χ2n) is 8.39. The number of halogens is 1. The van der Waals surface area contributed by atoms with Crippen LogP contribution in [0.2, 0.25) is 0 Å². The lowest BCUT2D eigenvalue weighted by Crippen LogP contribution is -2.51. The van der Waals surface area contributed by atoms with Crippen LogP contribution in [0.15, 0.2) is 53.5 Å². The molecular formula is C25H37IN6O. The zero-order valence-electron chi connectivity index (χ0n) is 19.9. The quantitative estimate of drug-likeness (QED) is 0.257. The summed E-state index contributed by atoms with van der Waals surface area (Å²) in [4.78, 5) is 23.7. The van der Waals surface area contributed by atoms with E-state index in [1.807, 2.05) is 19.1 Å². The van der Waals surface area contributed by atoms with Gasteiger partial charge in [-0.2, -0.15) is 0 Å². The number of aryl methyl sites for hydroxylation is 1. The van der Waals surface area contributed by atoms with Gasteiger partial charge in [0.2, 0.25) is 5.91 Å². The second kappa shape index (κ2) is 14.1. The summed E-state index contributed by atoms with van der Waals surface area (Å²) in [5.41, 5.74) is 2.24. The van der Waals surface area contributed by atoms with E-state index in [1.54, 1.807) is 6.07 Å². The topological polar surface area (TPSA) is 81.6 Å². The van der Waals surface area contributed by atoms with E-state index in [4.69, 9.17) is 0 Å². The largest absolute Gasteiger partial charge is 0.357 e. The molecule has 0 aliphatic carbocycles. The van der Waals surface area contributed by atoms with Gasteiger partial charge >= 0.3 is 0 Å². The van der Waals surface area contributed by atoms with Crippen molar-refractivity contribution in [3.05, 3.63) is 59.8 Å². The first-order valence-electron chi connectivity index (χ1n) is 11.6. The van der Waals surface area contributed by atoms with Gasteiger partial charge in [0.1, 0.15) is 5.82 Å². The number of pyridine rings is 1. The Bertz CT molecular complexity index is 891. The monoisotopic (exact) mass is 564 g/mol. The van der Waals surface area contributed by atoms with Crippen LogP contribution < -0.4 is 16.0 Å². The maximum atomic E-state index is 12.2. The minimum atomic E-state index is -0.0782. The number of nitrogens with one attached hydrogen (secondary N) is 3. The fourth-order valence-corrected chi connectivity index (χ4v) is 4.01. The molecule has 180 valence electrons. The fourth-order valence-electron chi connectivity index (χ4n) is 4.01. The molecule has 0 radical (unpaired) electrons. The van der Waals surface area contributed by atoms with Crippen molar-refractivity contribution in [3.8, 4) is 0 Å². The summed E-state index contributed by atoms with van der Waals surface area (Å²) in [6.45, 7) is 9.51. The molecule has 1 aromatic heterocycles. The van der Waals surface area contributed by atoms with Crippen molar-refractivity contribution in [2.45, 2.75) is 58.7 Å². The molecule has 2 aromatic rings. The summed E-state index contributed by atoms with van der Waals surface area (Å²) in [7, 11) is 0. The Kier molecular flexibility index (Phi) is 11.6. The minimum Gasteiger partial charge on any atom is -0.357 e. The van der Waals surface area contributed by atoms with Crippen LogP contribution in [0.1, 0.15) is 44.4 Å². The molecule has 7 nitrogen and oxygen atoms in total. The van der Waals surface area contributed by atoms with Gasteiger partial charge in [-0.1, -0.05) is 36.4 Å². The van der Waals surface area contributed by atoms with E-state index in [1.165, 1.54) is 5.56 Å². The zero-order chi connectivity index (χ0) is 22.8. The summed E-state index contributed by atoms with van der Waals surface area (Å²) in [6.07, 6.45) is 2.45. The van der Waals surface area contributed by atoms with Crippen molar-refractivity contribution >= 4 is 41.7 Å². The van der Waals surface area contributed by atoms with Gasteiger partial charge in [-0.05, 0) is 51.3 Å². The average molecular weight is 565 g/mol. The number of amides is 1. The first-order chi connectivity index (χ1) is 15.5. The highest BCUT2D eigenvalue weighted by Crippen LogP contribution is 2.20. The molecule has 1 saturated heterocycles. The molecule has 2 heterocycles.